The molecule has 0 saturated carbocycles. The van der Waals surface area contributed by atoms with Gasteiger partial charge in [-0.05, 0) is 37.5 Å². The Morgan fingerprint density at radius 1 is 1.48 bits per heavy atom. The molecule has 21 heavy (non-hydrogen) atoms. The summed E-state index contributed by atoms with van der Waals surface area (Å²) >= 11 is 0. The summed E-state index contributed by atoms with van der Waals surface area (Å²) in [6.45, 7) is 1.37. The van der Waals surface area contributed by atoms with Crippen LogP contribution in [0.3, 0.4) is 0 Å². The smallest absolute Gasteiger partial charge is 0.240 e. The van der Waals surface area contributed by atoms with Gasteiger partial charge in [-0.2, -0.15) is 0 Å². The van der Waals surface area contributed by atoms with Crippen LogP contribution in [-0.2, 0) is 21.3 Å². The number of nitrogens with two attached hydrogens (primary N) is 1. The number of sulfonamides is 1. The standard InChI is InChI=1S/C14H22N2O4S/c1-19-14-5-4-13(9-11(14)10-15)21(17,18)16-7-6-12-3-2-8-20-12/h4-5,9,12,16H,2-3,6-8,10,15H2,1H3. The van der Waals surface area contributed by atoms with E-state index in [1.54, 1.807) is 12.1 Å². The highest BCUT2D eigenvalue weighted by Gasteiger charge is 2.19. The van der Waals surface area contributed by atoms with Gasteiger partial charge in [0.1, 0.15) is 5.75 Å². The van der Waals surface area contributed by atoms with Gasteiger partial charge in [0.25, 0.3) is 0 Å². The number of nitrogens with one attached hydrogen (secondary N) is 1. The molecule has 1 aromatic rings. The van der Waals surface area contributed by atoms with Crippen LogP contribution in [0.5, 0.6) is 5.75 Å². The van der Waals surface area contributed by atoms with Crippen molar-refractivity contribution < 1.29 is 17.9 Å². The molecule has 7 heteroatoms. The number of benzene rings is 1. The lowest BCUT2D eigenvalue weighted by Gasteiger charge is -2.12. The topological polar surface area (TPSA) is 90.7 Å². The van der Waals surface area contributed by atoms with Crippen molar-refractivity contribution in [3.63, 3.8) is 0 Å². The molecule has 0 amide bonds. The zero-order chi connectivity index (χ0) is 15.3. The lowest BCUT2D eigenvalue weighted by molar-refractivity contribution is 0.105. The second-order valence-electron chi connectivity index (χ2n) is 5.00. The summed E-state index contributed by atoms with van der Waals surface area (Å²) in [5.74, 6) is 0.593. The molecule has 1 fully saturated rings. The number of hydrogen-bond acceptors (Lipinski definition) is 5. The van der Waals surface area contributed by atoms with Gasteiger partial charge >= 0.3 is 0 Å². The largest absolute Gasteiger partial charge is 0.496 e. The van der Waals surface area contributed by atoms with Crippen LogP contribution in [0.25, 0.3) is 0 Å². The Balaban J connectivity index is 2.01. The van der Waals surface area contributed by atoms with E-state index in [-0.39, 0.29) is 17.5 Å². The van der Waals surface area contributed by atoms with Gasteiger partial charge in [-0.25, -0.2) is 13.1 Å². The molecule has 1 heterocycles. The minimum atomic E-state index is -3.53. The number of methoxy groups -OCH3 is 1. The summed E-state index contributed by atoms with van der Waals surface area (Å²) in [5.41, 5.74) is 6.28. The van der Waals surface area contributed by atoms with E-state index in [2.05, 4.69) is 4.72 Å². The third-order valence-corrected chi connectivity index (χ3v) is 5.02. The van der Waals surface area contributed by atoms with Crippen LogP contribution >= 0.6 is 0 Å². The van der Waals surface area contributed by atoms with E-state index in [4.69, 9.17) is 15.2 Å². The summed E-state index contributed by atoms with van der Waals surface area (Å²) in [7, 11) is -2.00. The van der Waals surface area contributed by atoms with Crippen molar-refractivity contribution in [3.05, 3.63) is 23.8 Å². The Labute approximate surface area is 125 Å². The fourth-order valence-corrected chi connectivity index (χ4v) is 3.49. The van der Waals surface area contributed by atoms with Crippen LogP contribution in [0.1, 0.15) is 24.8 Å². The monoisotopic (exact) mass is 314 g/mol. The molecule has 6 nitrogen and oxygen atoms in total. The van der Waals surface area contributed by atoms with E-state index in [1.165, 1.54) is 13.2 Å². The van der Waals surface area contributed by atoms with Gasteiger partial charge < -0.3 is 15.2 Å². The minimum Gasteiger partial charge on any atom is -0.496 e. The predicted molar refractivity (Wildman–Crippen MR) is 79.7 cm³/mol. The lowest BCUT2D eigenvalue weighted by Crippen LogP contribution is -2.27. The van der Waals surface area contributed by atoms with Gasteiger partial charge in [0.15, 0.2) is 0 Å². The van der Waals surface area contributed by atoms with Crippen LogP contribution in [0, 0.1) is 0 Å². The van der Waals surface area contributed by atoms with Crippen LogP contribution in [0.2, 0.25) is 0 Å². The van der Waals surface area contributed by atoms with Gasteiger partial charge in [0.2, 0.25) is 10.0 Å². The van der Waals surface area contributed by atoms with Gasteiger partial charge in [0, 0.05) is 25.3 Å². The van der Waals surface area contributed by atoms with Gasteiger partial charge in [-0.3, -0.25) is 0 Å². The Hall–Kier alpha value is -1.15. The average Bonchev–Trinajstić information content (AvgIpc) is 2.99. The molecule has 1 unspecified atom stereocenters. The van der Waals surface area contributed by atoms with Crippen molar-refractivity contribution in [2.75, 3.05) is 20.3 Å². The van der Waals surface area contributed by atoms with Crippen LogP contribution in [0.4, 0.5) is 0 Å². The Bertz CT molecular complexity index is 568. The molecule has 1 saturated heterocycles. The quantitative estimate of drug-likeness (QED) is 0.783. The maximum atomic E-state index is 12.2. The first-order chi connectivity index (χ1) is 10.1. The van der Waals surface area contributed by atoms with Crippen LogP contribution in [-0.4, -0.2) is 34.8 Å². The van der Waals surface area contributed by atoms with E-state index in [0.29, 0.717) is 24.3 Å². The zero-order valence-corrected chi connectivity index (χ0v) is 13.0. The molecular formula is C14H22N2O4S. The highest BCUT2D eigenvalue weighted by Crippen LogP contribution is 2.22. The zero-order valence-electron chi connectivity index (χ0n) is 12.2. The summed E-state index contributed by atoms with van der Waals surface area (Å²) in [6.07, 6.45) is 2.92. The Morgan fingerprint density at radius 3 is 2.90 bits per heavy atom. The van der Waals surface area contributed by atoms with Crippen molar-refractivity contribution in [2.45, 2.75) is 36.8 Å². The second kappa shape index (κ2) is 7.22. The van der Waals surface area contributed by atoms with Crippen molar-refractivity contribution >= 4 is 10.0 Å². The van der Waals surface area contributed by atoms with Gasteiger partial charge in [-0.1, -0.05) is 0 Å². The molecule has 1 aliphatic heterocycles. The van der Waals surface area contributed by atoms with Crippen LogP contribution < -0.4 is 15.2 Å². The minimum absolute atomic E-state index is 0.170. The van der Waals surface area contributed by atoms with E-state index >= 15 is 0 Å². The molecule has 0 bridgehead atoms. The molecule has 0 aromatic heterocycles. The summed E-state index contributed by atoms with van der Waals surface area (Å²) in [6, 6.07) is 4.69. The highest BCUT2D eigenvalue weighted by molar-refractivity contribution is 7.89. The van der Waals surface area contributed by atoms with Crippen molar-refractivity contribution in [2.24, 2.45) is 5.73 Å². The highest BCUT2D eigenvalue weighted by atomic mass is 32.2. The van der Waals surface area contributed by atoms with E-state index in [1.807, 2.05) is 0 Å². The van der Waals surface area contributed by atoms with E-state index in [0.717, 1.165) is 19.4 Å². The van der Waals surface area contributed by atoms with Crippen LogP contribution in [0.15, 0.2) is 23.1 Å². The maximum Gasteiger partial charge on any atom is 0.240 e. The molecular weight excluding hydrogens is 292 g/mol. The second-order valence-corrected chi connectivity index (χ2v) is 6.77. The number of ether oxygens (including phenoxy) is 2. The Morgan fingerprint density at radius 2 is 2.29 bits per heavy atom. The predicted octanol–water partition coefficient (Wildman–Crippen LogP) is 1.00. The summed E-state index contributed by atoms with van der Waals surface area (Å²) in [4.78, 5) is 0.205. The van der Waals surface area contributed by atoms with Gasteiger partial charge in [0.05, 0.1) is 18.1 Å². The molecule has 118 valence electrons. The van der Waals surface area contributed by atoms with Crippen molar-refractivity contribution in [3.8, 4) is 5.75 Å². The molecule has 1 aliphatic rings. The van der Waals surface area contributed by atoms with E-state index in [9.17, 15) is 8.42 Å². The fourth-order valence-electron chi connectivity index (χ4n) is 2.39. The molecule has 0 aliphatic carbocycles. The normalized spacial score (nSPS) is 18.9. The fraction of sp³-hybridized carbons (Fsp3) is 0.571. The lowest BCUT2D eigenvalue weighted by atomic mass is 10.2. The number of rotatable bonds is 7. The van der Waals surface area contributed by atoms with Crippen molar-refractivity contribution in [1.82, 2.24) is 4.72 Å². The third-order valence-electron chi connectivity index (χ3n) is 3.56. The SMILES string of the molecule is COc1ccc(S(=O)(=O)NCCC2CCCO2)cc1CN. The average molecular weight is 314 g/mol. The summed E-state index contributed by atoms with van der Waals surface area (Å²) in [5, 5.41) is 0. The molecule has 1 atom stereocenters. The Kier molecular flexibility index (Phi) is 5.58. The maximum absolute atomic E-state index is 12.2. The first-order valence-electron chi connectivity index (χ1n) is 7.05. The first-order valence-corrected chi connectivity index (χ1v) is 8.53. The summed E-state index contributed by atoms with van der Waals surface area (Å²) < 4.78 is 37.7. The van der Waals surface area contributed by atoms with Gasteiger partial charge in [-0.15, -0.1) is 0 Å². The molecule has 0 radical (unpaired) electrons. The molecule has 0 spiro atoms. The van der Waals surface area contributed by atoms with E-state index < -0.39 is 10.0 Å². The molecule has 2 rings (SSSR count). The van der Waals surface area contributed by atoms with Crippen molar-refractivity contribution in [1.29, 1.82) is 0 Å². The number of hydrogen-bond donors (Lipinski definition) is 2. The molecule has 3 N–H and O–H groups in total. The third kappa shape index (κ3) is 4.16. The first kappa shape index (κ1) is 16.2. The molecule has 1 aromatic carbocycles.